The first kappa shape index (κ1) is 18.8. The van der Waals surface area contributed by atoms with Crippen molar-refractivity contribution in [1.29, 1.82) is 0 Å². The van der Waals surface area contributed by atoms with Gasteiger partial charge in [-0.2, -0.15) is 0 Å². The van der Waals surface area contributed by atoms with Crippen molar-refractivity contribution in [2.75, 3.05) is 32.8 Å². The van der Waals surface area contributed by atoms with Crippen molar-refractivity contribution >= 4 is 0 Å². The van der Waals surface area contributed by atoms with Gasteiger partial charge in [0.25, 0.3) is 0 Å². The van der Waals surface area contributed by atoms with E-state index < -0.39 is 0 Å². The number of benzene rings is 1. The molecule has 2 heterocycles. The molecule has 1 N–H and O–H groups in total. The van der Waals surface area contributed by atoms with Crippen molar-refractivity contribution in [3.05, 3.63) is 59.9 Å². The molecule has 0 unspecified atom stereocenters. The SMILES string of the molecule is C=C1C[C@@]2(CC[C@@H](C(=C)C)[C@H](c3ccc(CN4CCNCC4)cc3)C2)CO1. The minimum Gasteiger partial charge on any atom is -0.498 e. The summed E-state index contributed by atoms with van der Waals surface area (Å²) in [5, 5.41) is 3.43. The van der Waals surface area contributed by atoms with E-state index in [1.807, 2.05) is 0 Å². The second-order valence-electron chi connectivity index (χ2n) is 9.07. The Hall–Kier alpha value is -1.58. The average Bonchev–Trinajstić information content (AvgIpc) is 3.03. The van der Waals surface area contributed by atoms with Gasteiger partial charge in [-0.3, -0.25) is 4.90 Å². The molecule has 3 aliphatic rings. The topological polar surface area (TPSA) is 24.5 Å². The highest BCUT2D eigenvalue weighted by Gasteiger charge is 2.45. The van der Waals surface area contributed by atoms with Crippen molar-refractivity contribution in [2.24, 2.45) is 11.3 Å². The standard InChI is InChI=1S/C24H34N2O/c1-18(2)22-8-9-24(14-19(3)27-17-24)15-23(22)21-6-4-20(5-7-21)16-26-12-10-25-11-13-26/h4-7,22-23,25H,1,3,8-17H2,2H3/t22-,23-,24+/m0/s1. The summed E-state index contributed by atoms with van der Waals surface area (Å²) in [4.78, 5) is 2.54. The van der Waals surface area contributed by atoms with Crippen molar-refractivity contribution in [2.45, 2.75) is 45.1 Å². The van der Waals surface area contributed by atoms with Crippen molar-refractivity contribution < 1.29 is 4.74 Å². The van der Waals surface area contributed by atoms with Gasteiger partial charge in [0.2, 0.25) is 0 Å². The number of ether oxygens (including phenoxy) is 1. The Morgan fingerprint density at radius 1 is 1.26 bits per heavy atom. The van der Waals surface area contributed by atoms with Crippen LogP contribution in [0.5, 0.6) is 0 Å². The molecule has 27 heavy (non-hydrogen) atoms. The molecule has 1 aromatic carbocycles. The molecule has 0 bridgehead atoms. The lowest BCUT2D eigenvalue weighted by Gasteiger charge is -2.42. The number of nitrogens with zero attached hydrogens (tertiary/aromatic N) is 1. The van der Waals surface area contributed by atoms with Gasteiger partial charge in [-0.1, -0.05) is 43.0 Å². The van der Waals surface area contributed by atoms with Gasteiger partial charge >= 0.3 is 0 Å². The molecule has 2 saturated heterocycles. The molecule has 3 heteroatoms. The highest BCUT2D eigenvalue weighted by molar-refractivity contribution is 5.29. The third kappa shape index (κ3) is 4.14. The zero-order valence-electron chi connectivity index (χ0n) is 16.8. The minimum atomic E-state index is 0.299. The summed E-state index contributed by atoms with van der Waals surface area (Å²) in [5.41, 5.74) is 4.53. The summed E-state index contributed by atoms with van der Waals surface area (Å²) in [6.45, 7) is 17.0. The molecule has 146 valence electrons. The Kier molecular flexibility index (Phi) is 5.43. The fourth-order valence-corrected chi connectivity index (χ4v) is 5.38. The van der Waals surface area contributed by atoms with Crippen LogP contribution in [0.1, 0.15) is 49.7 Å². The van der Waals surface area contributed by atoms with E-state index in [0.29, 0.717) is 17.3 Å². The molecule has 3 fully saturated rings. The van der Waals surface area contributed by atoms with Crippen LogP contribution in [0.25, 0.3) is 0 Å². The third-order valence-corrected chi connectivity index (χ3v) is 6.94. The number of allylic oxidation sites excluding steroid dienone is 2. The molecule has 1 saturated carbocycles. The second-order valence-corrected chi connectivity index (χ2v) is 9.07. The van der Waals surface area contributed by atoms with Crippen molar-refractivity contribution in [1.82, 2.24) is 10.2 Å². The fourth-order valence-electron chi connectivity index (χ4n) is 5.38. The summed E-state index contributed by atoms with van der Waals surface area (Å²) in [6.07, 6.45) is 4.69. The van der Waals surface area contributed by atoms with Crippen LogP contribution in [0.15, 0.2) is 48.8 Å². The van der Waals surface area contributed by atoms with Gasteiger partial charge in [-0.15, -0.1) is 0 Å². The molecule has 1 spiro atoms. The molecule has 0 aromatic heterocycles. The number of hydrogen-bond donors (Lipinski definition) is 1. The van der Waals surface area contributed by atoms with Crippen LogP contribution < -0.4 is 5.32 Å². The monoisotopic (exact) mass is 366 g/mol. The van der Waals surface area contributed by atoms with Gasteiger partial charge < -0.3 is 10.1 Å². The highest BCUT2D eigenvalue weighted by Crippen LogP contribution is 2.54. The zero-order valence-corrected chi connectivity index (χ0v) is 16.8. The van der Waals surface area contributed by atoms with E-state index in [-0.39, 0.29) is 0 Å². The first-order valence-electron chi connectivity index (χ1n) is 10.5. The first-order valence-corrected chi connectivity index (χ1v) is 10.5. The van der Waals surface area contributed by atoms with E-state index in [0.717, 1.165) is 51.5 Å². The Balaban J connectivity index is 1.49. The molecular weight excluding hydrogens is 332 g/mol. The predicted octanol–water partition coefficient (Wildman–Crippen LogP) is 4.47. The van der Waals surface area contributed by atoms with Gasteiger partial charge in [0.1, 0.15) is 0 Å². The molecule has 3 atom stereocenters. The number of hydrogen-bond acceptors (Lipinski definition) is 3. The summed E-state index contributed by atoms with van der Waals surface area (Å²) in [5.74, 6) is 2.12. The van der Waals surface area contributed by atoms with E-state index in [4.69, 9.17) is 4.74 Å². The molecule has 2 aliphatic heterocycles. The van der Waals surface area contributed by atoms with Crippen LogP contribution in [0.4, 0.5) is 0 Å². The summed E-state index contributed by atoms with van der Waals surface area (Å²) < 4.78 is 5.80. The molecule has 1 aliphatic carbocycles. The van der Waals surface area contributed by atoms with Crippen LogP contribution in [0.2, 0.25) is 0 Å². The maximum atomic E-state index is 5.80. The van der Waals surface area contributed by atoms with Gasteiger partial charge in [0.05, 0.1) is 12.4 Å². The van der Waals surface area contributed by atoms with Crippen LogP contribution in [-0.2, 0) is 11.3 Å². The van der Waals surface area contributed by atoms with Crippen LogP contribution >= 0.6 is 0 Å². The highest BCUT2D eigenvalue weighted by atomic mass is 16.5. The van der Waals surface area contributed by atoms with E-state index in [2.05, 4.69) is 54.6 Å². The normalized spacial score (nSPS) is 31.8. The number of rotatable bonds is 4. The number of piperazine rings is 1. The predicted molar refractivity (Wildman–Crippen MR) is 112 cm³/mol. The Morgan fingerprint density at radius 3 is 2.63 bits per heavy atom. The van der Waals surface area contributed by atoms with Crippen molar-refractivity contribution in [3.63, 3.8) is 0 Å². The first-order chi connectivity index (χ1) is 13.0. The number of nitrogens with one attached hydrogen (secondary N) is 1. The van der Waals surface area contributed by atoms with E-state index in [1.54, 1.807) is 0 Å². The quantitative estimate of drug-likeness (QED) is 0.796. The Labute approximate surface area is 164 Å². The van der Waals surface area contributed by atoms with Gasteiger partial charge in [-0.25, -0.2) is 0 Å². The van der Waals surface area contributed by atoms with Crippen LogP contribution in [0.3, 0.4) is 0 Å². The largest absolute Gasteiger partial charge is 0.498 e. The summed E-state index contributed by atoms with van der Waals surface area (Å²) in [7, 11) is 0. The van der Waals surface area contributed by atoms with E-state index in [9.17, 15) is 0 Å². The Morgan fingerprint density at radius 2 is 2.00 bits per heavy atom. The summed E-state index contributed by atoms with van der Waals surface area (Å²) in [6, 6.07) is 9.44. The second kappa shape index (κ2) is 7.81. The van der Waals surface area contributed by atoms with E-state index in [1.165, 1.54) is 36.0 Å². The van der Waals surface area contributed by atoms with Crippen LogP contribution in [0, 0.1) is 11.3 Å². The lowest BCUT2D eigenvalue weighted by atomic mass is 9.61. The summed E-state index contributed by atoms with van der Waals surface area (Å²) >= 11 is 0. The van der Waals surface area contributed by atoms with Gasteiger partial charge in [0, 0.05) is 44.6 Å². The van der Waals surface area contributed by atoms with Gasteiger partial charge in [-0.05, 0) is 49.1 Å². The minimum absolute atomic E-state index is 0.299. The van der Waals surface area contributed by atoms with Crippen LogP contribution in [-0.4, -0.2) is 37.7 Å². The van der Waals surface area contributed by atoms with E-state index >= 15 is 0 Å². The molecule has 4 rings (SSSR count). The third-order valence-electron chi connectivity index (χ3n) is 6.94. The molecular formula is C24H34N2O. The molecule has 0 amide bonds. The zero-order chi connectivity index (χ0) is 18.9. The van der Waals surface area contributed by atoms with Gasteiger partial charge in [0.15, 0.2) is 0 Å². The molecule has 3 nitrogen and oxygen atoms in total. The lowest BCUT2D eigenvalue weighted by molar-refractivity contribution is 0.108. The smallest absolute Gasteiger partial charge is 0.0937 e. The Bertz CT molecular complexity index is 689. The lowest BCUT2D eigenvalue weighted by Crippen LogP contribution is -2.42. The maximum absolute atomic E-state index is 5.80. The van der Waals surface area contributed by atoms with Crippen molar-refractivity contribution in [3.8, 4) is 0 Å². The molecule has 0 radical (unpaired) electrons. The fraction of sp³-hybridized carbons (Fsp3) is 0.583. The average molecular weight is 367 g/mol. The molecule has 1 aromatic rings. The maximum Gasteiger partial charge on any atom is 0.0937 e.